The van der Waals surface area contributed by atoms with Crippen LogP contribution < -0.4 is 0 Å². The topological polar surface area (TPSA) is 18.1 Å². The van der Waals surface area contributed by atoms with Crippen molar-refractivity contribution in [2.24, 2.45) is 0 Å². The van der Waals surface area contributed by atoms with E-state index in [0.29, 0.717) is 0 Å². The Morgan fingerprint density at radius 1 is 0.293 bits per heavy atom. The molecule has 0 unspecified atom stereocenters. The standard InChI is InChI=1S/C56H33NO/c1-6-20-43-35(15-1)36-16-2-7-21-44(36)55(43)46-23-9-11-25-48(46)56(49-26-12-10-24-47(49)55)45-22-8-3-17-37(45)40-32-41-38-18-4-13-27-51(38)57(52(41)33-50(40)56)34-29-30-54-42(31-34)39-19-5-14-28-53(39)58-54/h1-33H. The zero-order chi connectivity index (χ0) is 37.7. The Kier molecular flexibility index (Phi) is 5.67. The number of hydrogen-bond acceptors (Lipinski definition) is 1. The van der Waals surface area contributed by atoms with E-state index in [-0.39, 0.29) is 0 Å². The number of benzene rings is 9. The largest absolute Gasteiger partial charge is 0.456 e. The van der Waals surface area contributed by atoms with Gasteiger partial charge in [0.25, 0.3) is 0 Å². The van der Waals surface area contributed by atoms with Gasteiger partial charge in [0.15, 0.2) is 0 Å². The molecule has 0 N–H and O–H groups in total. The first-order chi connectivity index (χ1) is 28.8. The van der Waals surface area contributed by atoms with Crippen LogP contribution in [0, 0.1) is 0 Å². The Hall–Kier alpha value is -7.42. The van der Waals surface area contributed by atoms with E-state index in [1.807, 2.05) is 6.07 Å². The van der Waals surface area contributed by atoms with Gasteiger partial charge in [-0.15, -0.1) is 0 Å². The summed E-state index contributed by atoms with van der Waals surface area (Å²) in [4.78, 5) is 0. The molecule has 14 rings (SSSR count). The van der Waals surface area contributed by atoms with Crippen LogP contribution in [0.3, 0.4) is 0 Å². The van der Waals surface area contributed by atoms with Crippen LogP contribution in [0.15, 0.2) is 205 Å². The number of rotatable bonds is 1. The SMILES string of the molecule is c1ccc2c(c1)-c1ccccc1C21c2ccccc2C2(c3ccccc3-c3cc4c5ccccc5n(-c5ccc6oc7ccccc7c6c5)c4cc32)c2ccccc21. The van der Waals surface area contributed by atoms with Gasteiger partial charge in [-0.25, -0.2) is 0 Å². The van der Waals surface area contributed by atoms with Crippen LogP contribution in [0.2, 0.25) is 0 Å². The lowest BCUT2D eigenvalue weighted by molar-refractivity contribution is 0.633. The molecule has 11 aromatic rings. The molecule has 2 heterocycles. The first-order valence-corrected chi connectivity index (χ1v) is 20.3. The van der Waals surface area contributed by atoms with Crippen molar-refractivity contribution in [3.8, 4) is 27.9 Å². The molecule has 0 aliphatic heterocycles. The van der Waals surface area contributed by atoms with Crippen molar-refractivity contribution < 1.29 is 4.42 Å². The van der Waals surface area contributed by atoms with Crippen LogP contribution >= 0.6 is 0 Å². The second kappa shape index (κ2) is 10.7. The fourth-order valence-corrected chi connectivity index (χ4v) is 11.8. The maximum absolute atomic E-state index is 6.31. The Morgan fingerprint density at radius 2 is 0.759 bits per heavy atom. The molecule has 0 radical (unpaired) electrons. The van der Waals surface area contributed by atoms with E-state index in [4.69, 9.17) is 4.42 Å². The molecule has 268 valence electrons. The number of aromatic nitrogens is 1. The van der Waals surface area contributed by atoms with Gasteiger partial charge in [-0.1, -0.05) is 158 Å². The lowest BCUT2D eigenvalue weighted by Gasteiger charge is -2.48. The molecule has 0 saturated heterocycles. The van der Waals surface area contributed by atoms with Crippen molar-refractivity contribution in [2.75, 3.05) is 0 Å². The Morgan fingerprint density at radius 3 is 1.38 bits per heavy atom. The maximum atomic E-state index is 6.31. The molecule has 3 aliphatic rings. The van der Waals surface area contributed by atoms with Crippen LogP contribution in [-0.4, -0.2) is 4.57 Å². The molecule has 2 spiro atoms. The number of nitrogens with zero attached hydrogens (tertiary/aromatic N) is 1. The predicted molar refractivity (Wildman–Crippen MR) is 236 cm³/mol. The van der Waals surface area contributed by atoms with E-state index in [2.05, 4.69) is 199 Å². The summed E-state index contributed by atoms with van der Waals surface area (Å²) < 4.78 is 8.79. The van der Waals surface area contributed by atoms with Gasteiger partial charge in [0.05, 0.1) is 21.9 Å². The molecule has 2 nitrogen and oxygen atoms in total. The van der Waals surface area contributed by atoms with Crippen LogP contribution in [0.25, 0.3) is 71.7 Å². The van der Waals surface area contributed by atoms with Gasteiger partial charge in [-0.2, -0.15) is 0 Å². The highest BCUT2D eigenvalue weighted by molar-refractivity contribution is 6.13. The summed E-state index contributed by atoms with van der Waals surface area (Å²) in [5.41, 5.74) is 20.3. The Labute approximate surface area is 334 Å². The molecule has 0 fully saturated rings. The summed E-state index contributed by atoms with van der Waals surface area (Å²) in [6.07, 6.45) is 0. The van der Waals surface area contributed by atoms with Crippen molar-refractivity contribution in [2.45, 2.75) is 10.8 Å². The van der Waals surface area contributed by atoms with Crippen LogP contribution in [0.5, 0.6) is 0 Å². The lowest BCUT2D eigenvalue weighted by atomic mass is 9.52. The Balaban J connectivity index is 1.14. The smallest absolute Gasteiger partial charge is 0.135 e. The fourth-order valence-electron chi connectivity index (χ4n) is 11.8. The minimum absolute atomic E-state index is 0.467. The molecule has 3 aliphatic carbocycles. The predicted octanol–water partition coefficient (Wildman–Crippen LogP) is 13.7. The zero-order valence-corrected chi connectivity index (χ0v) is 31.4. The highest BCUT2D eigenvalue weighted by atomic mass is 16.3. The summed E-state index contributed by atoms with van der Waals surface area (Å²) in [7, 11) is 0. The zero-order valence-electron chi connectivity index (χ0n) is 31.4. The maximum Gasteiger partial charge on any atom is 0.135 e. The number of hydrogen-bond donors (Lipinski definition) is 0. The number of fused-ring (bicyclic) bond motifs is 22. The van der Waals surface area contributed by atoms with E-state index in [1.54, 1.807) is 0 Å². The van der Waals surface area contributed by atoms with E-state index in [0.717, 1.165) is 27.6 Å². The second-order valence-corrected chi connectivity index (χ2v) is 16.3. The normalized spacial score (nSPS) is 14.8. The molecule has 58 heavy (non-hydrogen) atoms. The molecule has 0 atom stereocenters. The Bertz CT molecular complexity index is 3500. The van der Waals surface area contributed by atoms with E-state index in [9.17, 15) is 0 Å². The van der Waals surface area contributed by atoms with E-state index in [1.165, 1.54) is 88.6 Å². The monoisotopic (exact) mass is 735 g/mol. The molecule has 0 bridgehead atoms. The van der Waals surface area contributed by atoms with Crippen molar-refractivity contribution in [1.29, 1.82) is 0 Å². The van der Waals surface area contributed by atoms with E-state index >= 15 is 0 Å². The molecule has 9 aromatic carbocycles. The molecule has 2 aromatic heterocycles. The van der Waals surface area contributed by atoms with Gasteiger partial charge in [-0.3, -0.25) is 0 Å². The minimum Gasteiger partial charge on any atom is -0.456 e. The van der Waals surface area contributed by atoms with Crippen molar-refractivity contribution >= 4 is 43.7 Å². The van der Waals surface area contributed by atoms with Crippen LogP contribution in [-0.2, 0) is 10.8 Å². The van der Waals surface area contributed by atoms with Gasteiger partial charge in [0.1, 0.15) is 11.2 Å². The lowest BCUT2D eigenvalue weighted by Crippen LogP contribution is -2.43. The second-order valence-electron chi connectivity index (χ2n) is 16.3. The average molecular weight is 736 g/mol. The van der Waals surface area contributed by atoms with Crippen molar-refractivity contribution in [3.63, 3.8) is 0 Å². The van der Waals surface area contributed by atoms with Gasteiger partial charge in [0.2, 0.25) is 0 Å². The third-order valence-corrected chi connectivity index (χ3v) is 13.9. The quantitative estimate of drug-likeness (QED) is 0.164. The number of furan rings is 1. The summed E-state index contributed by atoms with van der Waals surface area (Å²) in [6, 6.07) is 75.1. The molecule has 2 heteroatoms. The van der Waals surface area contributed by atoms with Crippen molar-refractivity contribution in [3.05, 3.63) is 245 Å². The summed E-state index contributed by atoms with van der Waals surface area (Å²) in [5.74, 6) is 0. The third kappa shape index (κ3) is 3.45. The van der Waals surface area contributed by atoms with Gasteiger partial charge < -0.3 is 8.98 Å². The summed E-state index contributed by atoms with van der Waals surface area (Å²) in [5, 5.41) is 4.76. The molecule has 0 amide bonds. The van der Waals surface area contributed by atoms with E-state index < -0.39 is 10.8 Å². The fraction of sp³-hybridized carbons (Fsp3) is 0.0357. The highest BCUT2D eigenvalue weighted by Gasteiger charge is 2.58. The summed E-state index contributed by atoms with van der Waals surface area (Å²) >= 11 is 0. The summed E-state index contributed by atoms with van der Waals surface area (Å²) in [6.45, 7) is 0. The van der Waals surface area contributed by atoms with Crippen molar-refractivity contribution in [1.82, 2.24) is 4.57 Å². The first kappa shape index (κ1) is 30.8. The minimum atomic E-state index is -0.559. The average Bonchev–Trinajstić information content (AvgIpc) is 4.00. The van der Waals surface area contributed by atoms with Gasteiger partial charge >= 0.3 is 0 Å². The molecular formula is C56H33NO. The highest BCUT2D eigenvalue weighted by Crippen LogP contribution is 2.67. The first-order valence-electron chi connectivity index (χ1n) is 20.3. The molecule has 0 saturated carbocycles. The van der Waals surface area contributed by atoms with Crippen LogP contribution in [0.4, 0.5) is 0 Å². The molecular weight excluding hydrogens is 703 g/mol. The van der Waals surface area contributed by atoms with Gasteiger partial charge in [-0.05, 0) is 109 Å². The third-order valence-electron chi connectivity index (χ3n) is 13.9. The number of para-hydroxylation sites is 2. The van der Waals surface area contributed by atoms with Crippen LogP contribution in [0.1, 0.15) is 44.5 Å². The van der Waals surface area contributed by atoms with Gasteiger partial charge in [0, 0.05) is 27.2 Å².